The number of pyridine rings is 1. The number of carbonyl (C=O) groups excluding carboxylic acids is 2. The van der Waals surface area contributed by atoms with Gasteiger partial charge in [-0.05, 0) is 31.0 Å². The summed E-state index contributed by atoms with van der Waals surface area (Å²) in [5, 5.41) is 9.25. The average molecular weight is 388 g/mol. The first-order valence-electron chi connectivity index (χ1n) is 8.81. The van der Waals surface area contributed by atoms with Gasteiger partial charge < -0.3 is 15.0 Å². The molecule has 0 saturated heterocycles. The number of imidazole rings is 1. The highest BCUT2D eigenvalue weighted by molar-refractivity contribution is 5.94. The molecule has 0 radical (unpaired) electrons. The fourth-order valence-corrected chi connectivity index (χ4v) is 2.86. The summed E-state index contributed by atoms with van der Waals surface area (Å²) in [6, 6.07) is 5.10. The number of nitrogens with zero attached hydrogens (tertiary/aromatic N) is 4. The van der Waals surface area contributed by atoms with E-state index in [1.165, 1.54) is 10.7 Å². The van der Waals surface area contributed by atoms with Crippen LogP contribution in [-0.2, 0) is 11.8 Å². The molecule has 0 bridgehead atoms. The third kappa shape index (κ3) is 3.71. The molecule has 0 aliphatic heterocycles. The highest BCUT2D eigenvalue weighted by Crippen LogP contribution is 2.30. The van der Waals surface area contributed by atoms with Crippen molar-refractivity contribution in [1.82, 2.24) is 24.5 Å². The van der Waals surface area contributed by atoms with E-state index in [1.54, 1.807) is 36.0 Å². The molecule has 0 unspecified atom stereocenters. The maximum absolute atomic E-state index is 12.3. The van der Waals surface area contributed by atoms with Gasteiger partial charge in [-0.25, -0.2) is 13.8 Å². The van der Waals surface area contributed by atoms with Gasteiger partial charge in [0, 0.05) is 24.7 Å². The Morgan fingerprint density at radius 2 is 2.07 bits per heavy atom. The topological polar surface area (TPSA) is 93.3 Å². The molecule has 1 saturated carbocycles. The molecule has 0 atom stereocenters. The van der Waals surface area contributed by atoms with Gasteiger partial charge in [-0.2, -0.15) is 5.10 Å². The van der Waals surface area contributed by atoms with Crippen LogP contribution in [-0.4, -0.2) is 43.9 Å². The van der Waals surface area contributed by atoms with Crippen molar-refractivity contribution < 1.29 is 18.4 Å². The van der Waals surface area contributed by atoms with Gasteiger partial charge in [-0.15, -0.1) is 0 Å². The number of hydrogen-bond acceptors (Lipinski definition) is 4. The van der Waals surface area contributed by atoms with Crippen LogP contribution >= 0.6 is 0 Å². The van der Waals surface area contributed by atoms with Crippen LogP contribution in [0.2, 0.25) is 0 Å². The molecule has 0 aromatic carbocycles. The van der Waals surface area contributed by atoms with Crippen molar-refractivity contribution in [2.75, 3.05) is 11.9 Å². The van der Waals surface area contributed by atoms with Crippen LogP contribution in [0.3, 0.4) is 0 Å². The Morgan fingerprint density at radius 1 is 1.29 bits per heavy atom. The smallest absolute Gasteiger partial charge is 0.269 e. The Hall–Kier alpha value is -3.30. The van der Waals surface area contributed by atoms with Crippen LogP contribution in [0.4, 0.5) is 14.6 Å². The minimum Gasteiger partial charge on any atom is -0.345 e. The molecular formula is C18H18F2N6O2. The van der Waals surface area contributed by atoms with Crippen molar-refractivity contribution in [2.24, 2.45) is 13.0 Å². The van der Waals surface area contributed by atoms with Crippen molar-refractivity contribution >= 4 is 23.3 Å². The van der Waals surface area contributed by atoms with E-state index >= 15 is 0 Å². The number of carbonyl (C=O) groups is 2. The van der Waals surface area contributed by atoms with E-state index in [2.05, 4.69) is 20.7 Å². The summed E-state index contributed by atoms with van der Waals surface area (Å²) in [5.41, 5.74) is 2.07. The molecule has 2 amide bonds. The van der Waals surface area contributed by atoms with Gasteiger partial charge >= 0.3 is 0 Å². The quantitative estimate of drug-likeness (QED) is 0.676. The first-order chi connectivity index (χ1) is 13.4. The van der Waals surface area contributed by atoms with E-state index in [-0.39, 0.29) is 17.5 Å². The number of anilines is 1. The summed E-state index contributed by atoms with van der Waals surface area (Å²) in [6.07, 6.45) is 2.69. The molecular weight excluding hydrogens is 370 g/mol. The van der Waals surface area contributed by atoms with Crippen molar-refractivity contribution in [1.29, 1.82) is 0 Å². The number of hydrogen-bond donors (Lipinski definition) is 2. The van der Waals surface area contributed by atoms with Crippen molar-refractivity contribution in [3.8, 4) is 11.3 Å². The molecule has 1 fully saturated rings. The van der Waals surface area contributed by atoms with Gasteiger partial charge in [-0.1, -0.05) is 0 Å². The van der Waals surface area contributed by atoms with E-state index in [1.807, 2.05) is 0 Å². The molecule has 3 aromatic heterocycles. The lowest BCUT2D eigenvalue weighted by Gasteiger charge is -2.03. The number of aryl methyl sites for hydroxylation is 1. The summed E-state index contributed by atoms with van der Waals surface area (Å²) in [4.78, 5) is 28.3. The Balaban J connectivity index is 1.56. The highest BCUT2D eigenvalue weighted by atomic mass is 19.3. The normalized spacial score (nSPS) is 13.9. The number of halogens is 2. The SMILES string of the molecule is Cn1nc(-c2ccc3nc(NC(=O)C4CC4)cn3c2)cc1C(=O)NCC(F)F. The standard InChI is InChI=1S/C18H18F2N6O2/c1-25-13(18(28)21-7-14(19)20)6-12(24-25)11-4-5-16-22-15(9-26(16)8-11)23-17(27)10-2-3-10/h4-6,8-10,14H,2-3,7H2,1H3,(H,21,28)(H,23,27). The molecule has 146 valence electrons. The van der Waals surface area contributed by atoms with Crippen LogP contribution in [0.25, 0.3) is 16.9 Å². The number of alkyl halides is 2. The fraction of sp³-hybridized carbons (Fsp3) is 0.333. The lowest BCUT2D eigenvalue weighted by Crippen LogP contribution is -2.29. The molecule has 0 spiro atoms. The van der Waals surface area contributed by atoms with Gasteiger partial charge in [0.2, 0.25) is 5.91 Å². The largest absolute Gasteiger partial charge is 0.345 e. The highest BCUT2D eigenvalue weighted by Gasteiger charge is 2.30. The molecule has 10 heteroatoms. The Labute approximate surface area is 158 Å². The van der Waals surface area contributed by atoms with E-state index < -0.39 is 18.9 Å². The molecule has 2 N–H and O–H groups in total. The third-order valence-electron chi connectivity index (χ3n) is 4.48. The summed E-state index contributed by atoms with van der Waals surface area (Å²) in [5.74, 6) is -0.0752. The maximum Gasteiger partial charge on any atom is 0.269 e. The van der Waals surface area contributed by atoms with E-state index in [9.17, 15) is 18.4 Å². The number of nitrogens with one attached hydrogen (secondary N) is 2. The Bertz CT molecular complexity index is 1050. The zero-order chi connectivity index (χ0) is 19.8. The predicted octanol–water partition coefficient (Wildman–Crippen LogP) is 2.08. The predicted molar refractivity (Wildman–Crippen MR) is 97.1 cm³/mol. The lowest BCUT2D eigenvalue weighted by atomic mass is 10.2. The minimum absolute atomic E-state index is 0.0205. The molecule has 3 heterocycles. The number of amides is 2. The second-order valence-corrected chi connectivity index (χ2v) is 6.71. The number of rotatable bonds is 6. The summed E-state index contributed by atoms with van der Waals surface area (Å²) < 4.78 is 27.7. The zero-order valence-electron chi connectivity index (χ0n) is 15.0. The second-order valence-electron chi connectivity index (χ2n) is 6.71. The van der Waals surface area contributed by atoms with Crippen molar-refractivity contribution in [3.63, 3.8) is 0 Å². The number of fused-ring (bicyclic) bond motifs is 1. The Kier molecular flexibility index (Phi) is 4.54. The monoisotopic (exact) mass is 388 g/mol. The van der Waals surface area contributed by atoms with Crippen molar-refractivity contribution in [3.05, 3.63) is 36.3 Å². The van der Waals surface area contributed by atoms with Gasteiger partial charge in [-0.3, -0.25) is 14.3 Å². The fourth-order valence-electron chi connectivity index (χ4n) is 2.86. The first-order valence-corrected chi connectivity index (χ1v) is 8.81. The second kappa shape index (κ2) is 7.02. The zero-order valence-corrected chi connectivity index (χ0v) is 15.0. The lowest BCUT2D eigenvalue weighted by molar-refractivity contribution is -0.117. The van der Waals surface area contributed by atoms with Crippen LogP contribution < -0.4 is 10.6 Å². The first kappa shape index (κ1) is 18.1. The summed E-state index contributed by atoms with van der Waals surface area (Å²) in [7, 11) is 1.57. The van der Waals surface area contributed by atoms with Crippen LogP contribution in [0, 0.1) is 5.92 Å². The van der Waals surface area contributed by atoms with Crippen molar-refractivity contribution in [2.45, 2.75) is 19.3 Å². The molecule has 3 aromatic rings. The third-order valence-corrected chi connectivity index (χ3v) is 4.48. The molecule has 4 rings (SSSR count). The van der Waals surface area contributed by atoms with Gasteiger partial charge in [0.25, 0.3) is 12.3 Å². The molecule has 1 aliphatic carbocycles. The maximum atomic E-state index is 12.3. The minimum atomic E-state index is -2.62. The van der Waals surface area contributed by atoms with Gasteiger partial charge in [0.15, 0.2) is 5.82 Å². The van der Waals surface area contributed by atoms with Crippen LogP contribution in [0.15, 0.2) is 30.6 Å². The number of aromatic nitrogens is 4. The Morgan fingerprint density at radius 3 is 2.79 bits per heavy atom. The molecule has 8 nitrogen and oxygen atoms in total. The van der Waals surface area contributed by atoms with E-state index in [4.69, 9.17) is 0 Å². The average Bonchev–Trinajstić information content (AvgIpc) is 3.32. The van der Waals surface area contributed by atoms with E-state index in [0.29, 0.717) is 22.7 Å². The molecule has 1 aliphatic rings. The van der Waals surface area contributed by atoms with Crippen LogP contribution in [0.5, 0.6) is 0 Å². The summed E-state index contributed by atoms with van der Waals surface area (Å²) in [6.45, 7) is -0.713. The van der Waals surface area contributed by atoms with Gasteiger partial charge in [0.1, 0.15) is 11.3 Å². The van der Waals surface area contributed by atoms with E-state index in [0.717, 1.165) is 12.8 Å². The van der Waals surface area contributed by atoms with Crippen LogP contribution in [0.1, 0.15) is 23.3 Å². The summed E-state index contributed by atoms with van der Waals surface area (Å²) >= 11 is 0. The van der Waals surface area contributed by atoms with Gasteiger partial charge in [0.05, 0.1) is 18.4 Å². The molecule has 28 heavy (non-hydrogen) atoms.